The van der Waals surface area contributed by atoms with Crippen LogP contribution in [0.25, 0.3) is 0 Å². The van der Waals surface area contributed by atoms with Crippen LogP contribution in [0.4, 0.5) is 0 Å². The van der Waals surface area contributed by atoms with Gasteiger partial charge in [0.1, 0.15) is 5.75 Å². The number of para-hydroxylation sites is 1. The Bertz CT molecular complexity index is 350. The highest BCUT2D eigenvalue weighted by atomic mass is 16.5. The van der Waals surface area contributed by atoms with Crippen molar-refractivity contribution in [2.75, 3.05) is 20.2 Å². The third-order valence-corrected chi connectivity index (χ3v) is 2.21. The van der Waals surface area contributed by atoms with Crippen LogP contribution < -0.4 is 15.8 Å². The molecule has 4 heteroatoms. The molecular formula is C12H19N3O. The van der Waals surface area contributed by atoms with E-state index in [2.05, 4.69) is 16.4 Å². The smallest absolute Gasteiger partial charge is 0.188 e. The van der Waals surface area contributed by atoms with Gasteiger partial charge in [-0.05, 0) is 25.0 Å². The standard InChI is InChI=1S/C12H19N3O/c1-3-16-11-7-5-4-6-10(11)8-9-15-12(13)14-2/h4-7H,3,8-9H2,1-2H3,(H3,13,14,15). The molecule has 0 unspecified atom stereocenters. The van der Waals surface area contributed by atoms with Gasteiger partial charge in [0.15, 0.2) is 5.96 Å². The lowest BCUT2D eigenvalue weighted by Gasteiger charge is -2.10. The quantitative estimate of drug-likeness (QED) is 0.579. The zero-order chi connectivity index (χ0) is 11.8. The Kier molecular flexibility index (Phi) is 5.19. The van der Waals surface area contributed by atoms with E-state index in [4.69, 9.17) is 10.5 Å². The summed E-state index contributed by atoms with van der Waals surface area (Å²) in [7, 11) is 1.66. The van der Waals surface area contributed by atoms with E-state index in [0.717, 1.165) is 18.7 Å². The number of nitrogens with two attached hydrogens (primary N) is 1. The molecule has 1 aromatic rings. The lowest BCUT2D eigenvalue weighted by atomic mass is 10.1. The van der Waals surface area contributed by atoms with Crippen molar-refractivity contribution in [2.45, 2.75) is 13.3 Å². The predicted octanol–water partition coefficient (Wildman–Crippen LogP) is 1.16. The summed E-state index contributed by atoms with van der Waals surface area (Å²) in [6, 6.07) is 8.03. The van der Waals surface area contributed by atoms with Crippen molar-refractivity contribution in [3.63, 3.8) is 0 Å². The monoisotopic (exact) mass is 221 g/mol. The molecule has 88 valence electrons. The number of hydrogen-bond acceptors (Lipinski definition) is 2. The van der Waals surface area contributed by atoms with Crippen molar-refractivity contribution >= 4 is 5.96 Å². The van der Waals surface area contributed by atoms with Gasteiger partial charge in [-0.25, -0.2) is 0 Å². The minimum Gasteiger partial charge on any atom is -0.494 e. The van der Waals surface area contributed by atoms with E-state index in [9.17, 15) is 0 Å². The average molecular weight is 221 g/mol. The van der Waals surface area contributed by atoms with Crippen molar-refractivity contribution in [2.24, 2.45) is 10.7 Å². The van der Waals surface area contributed by atoms with E-state index in [1.54, 1.807) is 7.05 Å². The van der Waals surface area contributed by atoms with Crippen molar-refractivity contribution < 1.29 is 4.74 Å². The number of nitrogens with one attached hydrogen (secondary N) is 1. The van der Waals surface area contributed by atoms with Crippen LogP contribution >= 0.6 is 0 Å². The van der Waals surface area contributed by atoms with E-state index in [0.29, 0.717) is 12.6 Å². The van der Waals surface area contributed by atoms with Crippen LogP contribution in [-0.4, -0.2) is 26.2 Å². The molecule has 0 saturated carbocycles. The first-order valence-corrected chi connectivity index (χ1v) is 5.44. The van der Waals surface area contributed by atoms with Gasteiger partial charge in [0, 0.05) is 13.6 Å². The number of rotatable bonds is 5. The van der Waals surface area contributed by atoms with E-state index in [1.165, 1.54) is 5.56 Å². The second-order valence-electron chi connectivity index (χ2n) is 3.33. The molecule has 0 saturated heterocycles. The molecule has 0 aliphatic rings. The van der Waals surface area contributed by atoms with Crippen LogP contribution in [0.15, 0.2) is 29.3 Å². The van der Waals surface area contributed by atoms with Gasteiger partial charge >= 0.3 is 0 Å². The topological polar surface area (TPSA) is 59.6 Å². The summed E-state index contributed by atoms with van der Waals surface area (Å²) in [5, 5.41) is 3.02. The zero-order valence-electron chi connectivity index (χ0n) is 9.86. The van der Waals surface area contributed by atoms with Gasteiger partial charge in [0.05, 0.1) is 6.61 Å². The molecule has 0 aromatic heterocycles. The highest BCUT2D eigenvalue weighted by Gasteiger charge is 2.01. The molecular weight excluding hydrogens is 202 g/mol. The third-order valence-electron chi connectivity index (χ3n) is 2.21. The van der Waals surface area contributed by atoms with Crippen LogP contribution in [0, 0.1) is 0 Å². The van der Waals surface area contributed by atoms with Gasteiger partial charge < -0.3 is 15.8 Å². The minimum absolute atomic E-state index is 0.467. The highest BCUT2D eigenvalue weighted by Crippen LogP contribution is 2.17. The molecule has 0 fully saturated rings. The lowest BCUT2D eigenvalue weighted by Crippen LogP contribution is -2.32. The molecule has 0 aliphatic heterocycles. The largest absolute Gasteiger partial charge is 0.494 e. The molecule has 0 radical (unpaired) electrons. The molecule has 0 heterocycles. The Morgan fingerprint density at radius 1 is 1.44 bits per heavy atom. The van der Waals surface area contributed by atoms with Crippen molar-refractivity contribution in [3.8, 4) is 5.75 Å². The van der Waals surface area contributed by atoms with Gasteiger partial charge in [-0.1, -0.05) is 18.2 Å². The summed E-state index contributed by atoms with van der Waals surface area (Å²) in [6.07, 6.45) is 0.867. The van der Waals surface area contributed by atoms with E-state index >= 15 is 0 Å². The molecule has 4 nitrogen and oxygen atoms in total. The summed E-state index contributed by atoms with van der Waals surface area (Å²) in [5.74, 6) is 1.41. The lowest BCUT2D eigenvalue weighted by molar-refractivity contribution is 0.336. The molecule has 1 aromatic carbocycles. The first kappa shape index (κ1) is 12.4. The van der Waals surface area contributed by atoms with Gasteiger partial charge in [-0.3, -0.25) is 4.99 Å². The molecule has 0 amide bonds. The van der Waals surface area contributed by atoms with Gasteiger partial charge in [-0.2, -0.15) is 0 Å². The molecule has 0 spiro atoms. The van der Waals surface area contributed by atoms with Crippen LogP contribution in [0.5, 0.6) is 5.75 Å². The summed E-state index contributed by atoms with van der Waals surface area (Å²) >= 11 is 0. The zero-order valence-corrected chi connectivity index (χ0v) is 9.86. The van der Waals surface area contributed by atoms with E-state index in [1.807, 2.05) is 25.1 Å². The summed E-state index contributed by atoms with van der Waals surface area (Å²) in [6.45, 7) is 3.42. The van der Waals surface area contributed by atoms with Gasteiger partial charge in [0.25, 0.3) is 0 Å². The fourth-order valence-corrected chi connectivity index (χ4v) is 1.41. The van der Waals surface area contributed by atoms with Crippen LogP contribution in [0.1, 0.15) is 12.5 Å². The first-order valence-electron chi connectivity index (χ1n) is 5.44. The Balaban J connectivity index is 2.52. The summed E-state index contributed by atoms with van der Waals surface area (Å²) < 4.78 is 5.53. The number of guanidine groups is 1. The second kappa shape index (κ2) is 6.71. The molecule has 0 aliphatic carbocycles. The number of hydrogen-bond donors (Lipinski definition) is 2. The van der Waals surface area contributed by atoms with Gasteiger partial charge in [-0.15, -0.1) is 0 Å². The van der Waals surface area contributed by atoms with Crippen molar-refractivity contribution in [1.82, 2.24) is 5.32 Å². The number of nitrogens with zero attached hydrogens (tertiary/aromatic N) is 1. The van der Waals surface area contributed by atoms with Crippen molar-refractivity contribution in [3.05, 3.63) is 29.8 Å². The number of ether oxygens (including phenoxy) is 1. The van der Waals surface area contributed by atoms with Crippen LogP contribution in [-0.2, 0) is 6.42 Å². The summed E-state index contributed by atoms with van der Waals surface area (Å²) in [5.41, 5.74) is 6.72. The van der Waals surface area contributed by atoms with E-state index < -0.39 is 0 Å². The third kappa shape index (κ3) is 3.81. The molecule has 1 rings (SSSR count). The molecule has 3 N–H and O–H groups in total. The first-order chi connectivity index (χ1) is 7.77. The minimum atomic E-state index is 0.467. The highest BCUT2D eigenvalue weighted by molar-refractivity contribution is 5.77. The molecule has 0 bridgehead atoms. The Morgan fingerprint density at radius 2 is 2.19 bits per heavy atom. The number of aliphatic imine (C=N–C) groups is 1. The Labute approximate surface area is 96.5 Å². The predicted molar refractivity (Wildman–Crippen MR) is 66.9 cm³/mol. The molecule has 0 atom stereocenters. The Hall–Kier alpha value is -1.71. The normalized spacial score (nSPS) is 11.2. The Morgan fingerprint density at radius 3 is 2.88 bits per heavy atom. The van der Waals surface area contributed by atoms with Crippen molar-refractivity contribution in [1.29, 1.82) is 0 Å². The average Bonchev–Trinajstić information content (AvgIpc) is 2.31. The second-order valence-corrected chi connectivity index (χ2v) is 3.33. The molecule has 16 heavy (non-hydrogen) atoms. The van der Waals surface area contributed by atoms with E-state index in [-0.39, 0.29) is 0 Å². The maximum Gasteiger partial charge on any atom is 0.188 e. The summed E-state index contributed by atoms with van der Waals surface area (Å²) in [4.78, 5) is 3.83. The van der Waals surface area contributed by atoms with Gasteiger partial charge in [0.2, 0.25) is 0 Å². The fraction of sp³-hybridized carbons (Fsp3) is 0.417. The maximum absolute atomic E-state index is 5.54. The fourth-order valence-electron chi connectivity index (χ4n) is 1.41. The van der Waals surface area contributed by atoms with Crippen LogP contribution in [0.2, 0.25) is 0 Å². The SMILES string of the molecule is CCOc1ccccc1CCNC(N)=NC. The van der Waals surface area contributed by atoms with Crippen LogP contribution in [0.3, 0.4) is 0 Å². The number of benzene rings is 1. The maximum atomic E-state index is 5.54.